The van der Waals surface area contributed by atoms with E-state index in [-0.39, 0.29) is 5.12 Å². The fourth-order valence-corrected chi connectivity index (χ4v) is 4.19. The zero-order valence-corrected chi connectivity index (χ0v) is 15.1. The summed E-state index contributed by atoms with van der Waals surface area (Å²) in [6, 6.07) is 11.2. The lowest BCUT2D eigenvalue weighted by molar-refractivity contribution is -0.107. The van der Waals surface area contributed by atoms with Crippen LogP contribution in [0.15, 0.2) is 56.2 Å². The molecule has 7 heteroatoms. The van der Waals surface area contributed by atoms with Crippen molar-refractivity contribution in [3.63, 3.8) is 0 Å². The van der Waals surface area contributed by atoms with Gasteiger partial charge in [0.15, 0.2) is 4.67 Å². The Hall–Kier alpha value is -0.950. The van der Waals surface area contributed by atoms with Gasteiger partial charge in [-0.1, -0.05) is 41.6 Å². The maximum absolute atomic E-state index is 12.0. The molecule has 0 spiro atoms. The average Bonchev–Trinajstić information content (AvgIpc) is 3.05. The molecule has 112 valence electrons. The third-order valence-electron chi connectivity index (χ3n) is 2.78. The highest BCUT2D eigenvalue weighted by molar-refractivity contribution is 9.10. The molecule has 2 heterocycles. The van der Waals surface area contributed by atoms with Crippen LogP contribution in [0.3, 0.4) is 0 Å². The number of carbonyl (C=O) groups is 1. The molecule has 0 fully saturated rings. The van der Waals surface area contributed by atoms with Crippen molar-refractivity contribution in [2.45, 2.75) is 5.75 Å². The topological polar surface area (TPSA) is 42.6 Å². The summed E-state index contributed by atoms with van der Waals surface area (Å²) in [4.78, 5) is 16.3. The maximum Gasteiger partial charge on any atom is 0.244 e. The molecular weight excluding hydrogens is 406 g/mol. The van der Waals surface area contributed by atoms with E-state index in [0.717, 1.165) is 26.7 Å². The van der Waals surface area contributed by atoms with Crippen LogP contribution < -0.4 is 0 Å². The van der Waals surface area contributed by atoms with Gasteiger partial charge < -0.3 is 4.42 Å². The van der Waals surface area contributed by atoms with Gasteiger partial charge in [-0.2, -0.15) is 0 Å². The zero-order valence-electron chi connectivity index (χ0n) is 11.1. The molecule has 3 nitrogen and oxygen atoms in total. The van der Waals surface area contributed by atoms with Gasteiger partial charge in [0.1, 0.15) is 15.8 Å². The number of nitrogens with zero attached hydrogens (tertiary/aromatic N) is 1. The molecule has 1 aliphatic rings. The second-order valence-electron chi connectivity index (χ2n) is 4.32. The first-order chi connectivity index (χ1) is 10.6. The van der Waals surface area contributed by atoms with E-state index in [1.807, 2.05) is 24.3 Å². The molecule has 22 heavy (non-hydrogen) atoms. The molecule has 1 aromatic carbocycles. The van der Waals surface area contributed by atoms with Gasteiger partial charge in [0.25, 0.3) is 0 Å². The molecular formula is C15H9BrClNO2S2. The Kier molecular flexibility index (Phi) is 5.13. The van der Waals surface area contributed by atoms with Crippen molar-refractivity contribution >= 4 is 66.6 Å². The Bertz CT molecular complexity index is 785. The standard InChI is InChI=1S/C15H9BrClNO2S2/c16-13-6-5-10(20-13)7-12-14(19)22-15(18-12)21-8-9-3-1-2-4-11(9)17/h1-7H,8H2/b12-7+. The van der Waals surface area contributed by atoms with Gasteiger partial charge in [-0.3, -0.25) is 4.79 Å². The fourth-order valence-electron chi connectivity index (χ4n) is 1.75. The number of hydrogen-bond acceptors (Lipinski definition) is 5. The van der Waals surface area contributed by atoms with Gasteiger partial charge >= 0.3 is 0 Å². The highest BCUT2D eigenvalue weighted by Gasteiger charge is 2.23. The highest BCUT2D eigenvalue weighted by atomic mass is 79.9. The van der Waals surface area contributed by atoms with E-state index >= 15 is 0 Å². The Labute approximate surface area is 149 Å². The predicted octanol–water partition coefficient (Wildman–Crippen LogP) is 5.60. The summed E-state index contributed by atoms with van der Waals surface area (Å²) < 4.78 is 6.70. The van der Waals surface area contributed by atoms with E-state index in [1.165, 1.54) is 11.8 Å². The van der Waals surface area contributed by atoms with Crippen LogP contribution in [-0.4, -0.2) is 9.49 Å². The molecule has 0 radical (unpaired) electrons. The van der Waals surface area contributed by atoms with Crippen LogP contribution in [0.4, 0.5) is 0 Å². The van der Waals surface area contributed by atoms with Gasteiger partial charge in [-0.25, -0.2) is 4.99 Å². The summed E-state index contributed by atoms with van der Waals surface area (Å²) in [6.45, 7) is 0. The second-order valence-corrected chi connectivity index (χ2v) is 7.69. The minimum atomic E-state index is -0.0748. The minimum absolute atomic E-state index is 0.0748. The molecule has 0 unspecified atom stereocenters. The van der Waals surface area contributed by atoms with E-state index < -0.39 is 0 Å². The van der Waals surface area contributed by atoms with Crippen molar-refractivity contribution in [2.75, 3.05) is 0 Å². The Morgan fingerprint density at radius 1 is 1.32 bits per heavy atom. The number of hydrogen-bond donors (Lipinski definition) is 0. The van der Waals surface area contributed by atoms with Gasteiger partial charge in [0.2, 0.25) is 5.12 Å². The van der Waals surface area contributed by atoms with E-state index in [9.17, 15) is 4.79 Å². The molecule has 3 rings (SSSR count). The van der Waals surface area contributed by atoms with Crippen LogP contribution in [-0.2, 0) is 10.5 Å². The third-order valence-corrected chi connectivity index (χ3v) is 5.64. The number of aliphatic imine (C=N–C) groups is 1. The fraction of sp³-hybridized carbons (Fsp3) is 0.0667. The lowest BCUT2D eigenvalue weighted by atomic mass is 10.2. The Balaban J connectivity index is 1.71. The van der Waals surface area contributed by atoms with Crippen molar-refractivity contribution in [1.29, 1.82) is 0 Å². The second kappa shape index (κ2) is 7.08. The van der Waals surface area contributed by atoms with E-state index in [1.54, 1.807) is 18.2 Å². The molecule has 0 aliphatic carbocycles. The van der Waals surface area contributed by atoms with E-state index in [0.29, 0.717) is 21.9 Å². The number of halogens is 2. The molecule has 0 amide bonds. The quantitative estimate of drug-likeness (QED) is 0.613. The molecule has 0 N–H and O–H groups in total. The molecule has 0 saturated carbocycles. The van der Waals surface area contributed by atoms with E-state index in [4.69, 9.17) is 16.0 Å². The summed E-state index contributed by atoms with van der Waals surface area (Å²) >= 11 is 12.0. The molecule has 0 saturated heterocycles. The van der Waals surface area contributed by atoms with Crippen LogP contribution >= 0.6 is 51.1 Å². The Morgan fingerprint density at radius 3 is 2.86 bits per heavy atom. The van der Waals surface area contributed by atoms with Crippen LogP contribution in [0.1, 0.15) is 11.3 Å². The van der Waals surface area contributed by atoms with Crippen molar-refractivity contribution < 1.29 is 9.21 Å². The summed E-state index contributed by atoms with van der Waals surface area (Å²) in [5, 5.41) is 0.648. The summed E-state index contributed by atoms with van der Waals surface area (Å²) in [5.74, 6) is 1.27. The van der Waals surface area contributed by atoms with Crippen LogP contribution in [0.25, 0.3) is 6.08 Å². The molecule has 0 bridgehead atoms. The molecule has 1 aromatic heterocycles. The van der Waals surface area contributed by atoms with Crippen LogP contribution in [0.2, 0.25) is 5.02 Å². The van der Waals surface area contributed by atoms with Gasteiger partial charge in [0, 0.05) is 16.9 Å². The van der Waals surface area contributed by atoms with Crippen LogP contribution in [0.5, 0.6) is 0 Å². The molecule has 0 atom stereocenters. The van der Waals surface area contributed by atoms with Gasteiger partial charge in [0.05, 0.1) is 0 Å². The first-order valence-corrected chi connectivity index (χ1v) is 9.23. The number of benzene rings is 1. The third kappa shape index (κ3) is 3.87. The SMILES string of the molecule is O=C1SC(SCc2ccccc2Cl)=N/C1=C/c1ccc(Br)o1. The zero-order chi connectivity index (χ0) is 15.5. The lowest BCUT2D eigenvalue weighted by Gasteiger charge is -2.02. The van der Waals surface area contributed by atoms with Crippen molar-refractivity contribution in [1.82, 2.24) is 0 Å². The number of rotatable bonds is 3. The number of furan rings is 1. The Morgan fingerprint density at radius 2 is 2.14 bits per heavy atom. The van der Waals surface area contributed by atoms with Gasteiger partial charge in [-0.15, -0.1) is 0 Å². The first-order valence-electron chi connectivity index (χ1n) is 6.26. The smallest absolute Gasteiger partial charge is 0.244 e. The van der Waals surface area contributed by atoms with Crippen molar-refractivity contribution in [3.8, 4) is 0 Å². The largest absolute Gasteiger partial charge is 0.450 e. The predicted molar refractivity (Wildman–Crippen MR) is 97.2 cm³/mol. The monoisotopic (exact) mass is 413 g/mol. The van der Waals surface area contributed by atoms with Crippen LogP contribution in [0, 0.1) is 0 Å². The number of carbonyl (C=O) groups excluding carboxylic acids is 1. The number of thioether (sulfide) groups is 2. The minimum Gasteiger partial charge on any atom is -0.450 e. The van der Waals surface area contributed by atoms with Crippen molar-refractivity contribution in [2.24, 2.45) is 4.99 Å². The highest BCUT2D eigenvalue weighted by Crippen LogP contribution is 2.33. The van der Waals surface area contributed by atoms with Crippen molar-refractivity contribution in [3.05, 3.63) is 63.1 Å². The van der Waals surface area contributed by atoms with Gasteiger partial charge in [-0.05, 0) is 51.5 Å². The van der Waals surface area contributed by atoms with E-state index in [2.05, 4.69) is 20.9 Å². The maximum atomic E-state index is 12.0. The lowest BCUT2D eigenvalue weighted by Crippen LogP contribution is -1.88. The average molecular weight is 415 g/mol. The molecule has 2 aromatic rings. The summed E-state index contributed by atoms with van der Waals surface area (Å²) in [6.07, 6.45) is 1.64. The normalized spacial score (nSPS) is 16.4. The summed E-state index contributed by atoms with van der Waals surface area (Å²) in [7, 11) is 0. The molecule has 1 aliphatic heterocycles. The first kappa shape index (κ1) is 15.9. The summed E-state index contributed by atoms with van der Waals surface area (Å²) in [5.41, 5.74) is 1.42.